The molecule has 0 fully saturated rings. The molecule has 0 aliphatic carbocycles. The third-order valence-corrected chi connectivity index (χ3v) is 4.78. The number of halogens is 4. The molecule has 0 unspecified atom stereocenters. The third kappa shape index (κ3) is 6.56. The number of nitrogens with zero attached hydrogens (tertiary/aromatic N) is 2. The van der Waals surface area contributed by atoms with Crippen LogP contribution in [0.5, 0.6) is 5.75 Å². The van der Waals surface area contributed by atoms with Crippen molar-refractivity contribution in [3.63, 3.8) is 0 Å². The van der Waals surface area contributed by atoms with Crippen LogP contribution < -0.4 is 15.4 Å². The number of benzene rings is 2. The van der Waals surface area contributed by atoms with Gasteiger partial charge in [-0.3, -0.25) is 0 Å². The lowest BCUT2D eigenvalue weighted by Crippen LogP contribution is -2.21. The van der Waals surface area contributed by atoms with Crippen LogP contribution in [0.2, 0.25) is 0 Å². The van der Waals surface area contributed by atoms with Crippen molar-refractivity contribution >= 4 is 33.4 Å². The van der Waals surface area contributed by atoms with Gasteiger partial charge in [-0.25, -0.2) is 4.98 Å². The second-order valence-electron chi connectivity index (χ2n) is 6.87. The molecule has 0 bridgehead atoms. The van der Waals surface area contributed by atoms with E-state index in [0.717, 1.165) is 15.7 Å². The zero-order chi connectivity index (χ0) is 22.6. The van der Waals surface area contributed by atoms with Crippen LogP contribution in [0.4, 0.5) is 30.6 Å². The summed E-state index contributed by atoms with van der Waals surface area (Å²) in [6, 6.07) is 12.6. The second-order valence-corrected chi connectivity index (χ2v) is 7.73. The minimum atomic E-state index is -4.79. The SMILES string of the molecule is Cc1ccc(Nc2cc(-c3cccc(OC(F)(F)F)c3)nc(N[C@H](C)CO)n2)c(Br)c1. The fourth-order valence-electron chi connectivity index (χ4n) is 2.70. The van der Waals surface area contributed by atoms with Gasteiger partial charge < -0.3 is 20.5 Å². The number of aromatic nitrogens is 2. The molecule has 3 N–H and O–H groups in total. The molecule has 10 heteroatoms. The largest absolute Gasteiger partial charge is 0.573 e. The predicted octanol–water partition coefficient (Wildman–Crippen LogP) is 5.65. The molecule has 2 aromatic carbocycles. The maximum Gasteiger partial charge on any atom is 0.573 e. The quantitative estimate of drug-likeness (QED) is 0.392. The zero-order valence-electron chi connectivity index (χ0n) is 16.7. The molecule has 1 aromatic heterocycles. The van der Waals surface area contributed by atoms with E-state index in [1.54, 1.807) is 19.1 Å². The number of alkyl halides is 3. The number of nitrogens with one attached hydrogen (secondary N) is 2. The van der Waals surface area contributed by atoms with Crippen LogP contribution in [0, 0.1) is 6.92 Å². The van der Waals surface area contributed by atoms with E-state index < -0.39 is 6.36 Å². The van der Waals surface area contributed by atoms with Crippen LogP contribution in [0.25, 0.3) is 11.3 Å². The van der Waals surface area contributed by atoms with Crippen molar-refractivity contribution in [2.75, 3.05) is 17.2 Å². The molecule has 31 heavy (non-hydrogen) atoms. The molecular weight excluding hydrogens is 477 g/mol. The summed E-state index contributed by atoms with van der Waals surface area (Å²) in [5, 5.41) is 15.5. The standard InChI is InChI=1S/C21H20BrF3N4O2/c1-12-6-7-17(16(22)8-12)27-19-10-18(28-20(29-19)26-13(2)11-30)14-4-3-5-15(9-14)31-21(23,24)25/h3-10,13,30H,11H2,1-2H3,(H2,26,27,28,29)/t13-/m1/s1. The molecule has 164 valence electrons. The van der Waals surface area contributed by atoms with E-state index in [1.165, 1.54) is 18.2 Å². The predicted molar refractivity (Wildman–Crippen MR) is 116 cm³/mol. The summed E-state index contributed by atoms with van der Waals surface area (Å²) in [4.78, 5) is 8.80. The Balaban J connectivity index is 2.00. The summed E-state index contributed by atoms with van der Waals surface area (Å²) in [5.74, 6) is 0.286. The number of rotatable bonds is 7. The van der Waals surface area contributed by atoms with Crippen molar-refractivity contribution in [2.45, 2.75) is 26.3 Å². The Morgan fingerprint density at radius 3 is 2.58 bits per heavy atom. The molecule has 3 rings (SSSR count). The Morgan fingerprint density at radius 1 is 1.13 bits per heavy atom. The van der Waals surface area contributed by atoms with Crippen LogP contribution in [-0.2, 0) is 0 Å². The normalized spacial score (nSPS) is 12.4. The molecule has 6 nitrogen and oxygen atoms in total. The summed E-state index contributed by atoms with van der Waals surface area (Å²) in [7, 11) is 0. The first-order valence-electron chi connectivity index (χ1n) is 9.29. The number of hydrogen-bond acceptors (Lipinski definition) is 6. The highest BCUT2D eigenvalue weighted by Crippen LogP contribution is 2.31. The van der Waals surface area contributed by atoms with Crippen molar-refractivity contribution < 1.29 is 23.0 Å². The molecule has 1 atom stereocenters. The van der Waals surface area contributed by atoms with Gasteiger partial charge in [-0.2, -0.15) is 4.98 Å². The van der Waals surface area contributed by atoms with Gasteiger partial charge in [0.15, 0.2) is 0 Å². The number of aliphatic hydroxyl groups excluding tert-OH is 1. The van der Waals surface area contributed by atoms with Crippen LogP contribution in [0.3, 0.4) is 0 Å². The van der Waals surface area contributed by atoms with Gasteiger partial charge in [-0.1, -0.05) is 18.2 Å². The minimum absolute atomic E-state index is 0.144. The number of ether oxygens (including phenoxy) is 1. The first-order valence-corrected chi connectivity index (χ1v) is 10.1. The van der Waals surface area contributed by atoms with Crippen LogP contribution in [0.1, 0.15) is 12.5 Å². The first-order chi connectivity index (χ1) is 14.6. The van der Waals surface area contributed by atoms with Gasteiger partial charge in [0.05, 0.1) is 18.0 Å². The number of aliphatic hydroxyl groups is 1. The number of hydrogen-bond donors (Lipinski definition) is 3. The van der Waals surface area contributed by atoms with Crippen LogP contribution in [0.15, 0.2) is 53.0 Å². The molecule has 1 heterocycles. The maximum absolute atomic E-state index is 12.6. The first kappa shape index (κ1) is 22.8. The van der Waals surface area contributed by atoms with Gasteiger partial charge in [-0.05, 0) is 59.6 Å². The Hall–Kier alpha value is -2.85. The van der Waals surface area contributed by atoms with Crippen molar-refractivity contribution in [3.05, 3.63) is 58.6 Å². The van der Waals surface area contributed by atoms with Crippen LogP contribution >= 0.6 is 15.9 Å². The van der Waals surface area contributed by atoms with E-state index in [1.807, 2.05) is 25.1 Å². The van der Waals surface area contributed by atoms with Gasteiger partial charge in [0, 0.05) is 22.1 Å². The summed E-state index contributed by atoms with van der Waals surface area (Å²) < 4.78 is 42.6. The molecule has 3 aromatic rings. The highest BCUT2D eigenvalue weighted by Gasteiger charge is 2.31. The smallest absolute Gasteiger partial charge is 0.406 e. The average Bonchev–Trinajstić information content (AvgIpc) is 2.69. The monoisotopic (exact) mass is 496 g/mol. The van der Waals surface area contributed by atoms with E-state index in [9.17, 15) is 18.3 Å². The van der Waals surface area contributed by atoms with Crippen molar-refractivity contribution in [3.8, 4) is 17.0 Å². The molecule has 0 aliphatic rings. The lowest BCUT2D eigenvalue weighted by atomic mass is 10.1. The highest BCUT2D eigenvalue weighted by molar-refractivity contribution is 9.10. The maximum atomic E-state index is 12.6. The Morgan fingerprint density at radius 2 is 1.90 bits per heavy atom. The van der Waals surface area contributed by atoms with E-state index >= 15 is 0 Å². The lowest BCUT2D eigenvalue weighted by molar-refractivity contribution is -0.274. The Labute approximate surface area is 185 Å². The van der Waals surface area contributed by atoms with Crippen molar-refractivity contribution in [1.29, 1.82) is 0 Å². The molecule has 0 aliphatic heterocycles. The Bertz CT molecular complexity index is 1060. The van der Waals surface area contributed by atoms with E-state index in [4.69, 9.17) is 0 Å². The summed E-state index contributed by atoms with van der Waals surface area (Å²) in [6.45, 7) is 3.57. The molecule has 0 spiro atoms. The summed E-state index contributed by atoms with van der Waals surface area (Å²) >= 11 is 3.50. The molecule has 0 radical (unpaired) electrons. The van der Waals surface area contributed by atoms with Gasteiger partial charge >= 0.3 is 6.36 Å². The fraction of sp³-hybridized carbons (Fsp3) is 0.238. The lowest BCUT2D eigenvalue weighted by Gasteiger charge is -2.15. The molecule has 0 saturated heterocycles. The summed E-state index contributed by atoms with van der Waals surface area (Å²) in [6.07, 6.45) is -4.79. The van der Waals surface area contributed by atoms with Crippen LogP contribution in [-0.4, -0.2) is 34.1 Å². The van der Waals surface area contributed by atoms with Crippen molar-refractivity contribution in [2.24, 2.45) is 0 Å². The molecule has 0 saturated carbocycles. The second kappa shape index (κ2) is 9.52. The van der Waals surface area contributed by atoms with Gasteiger partial charge in [0.1, 0.15) is 11.6 Å². The minimum Gasteiger partial charge on any atom is -0.406 e. The number of aryl methyl sites for hydroxylation is 1. The Kier molecular flexibility index (Phi) is 7.01. The van der Waals surface area contributed by atoms with Gasteiger partial charge in [0.2, 0.25) is 5.95 Å². The van der Waals surface area contributed by atoms with E-state index in [0.29, 0.717) is 17.1 Å². The topological polar surface area (TPSA) is 79.3 Å². The molecular formula is C21H20BrF3N4O2. The molecule has 0 amide bonds. The number of anilines is 3. The van der Waals surface area contributed by atoms with E-state index in [2.05, 4.69) is 41.3 Å². The summed E-state index contributed by atoms with van der Waals surface area (Å²) in [5.41, 5.74) is 2.61. The van der Waals surface area contributed by atoms with Gasteiger partial charge in [0.25, 0.3) is 0 Å². The fourth-order valence-corrected chi connectivity index (χ4v) is 3.29. The van der Waals surface area contributed by atoms with E-state index in [-0.39, 0.29) is 24.3 Å². The highest BCUT2D eigenvalue weighted by atomic mass is 79.9. The zero-order valence-corrected chi connectivity index (χ0v) is 18.3. The third-order valence-electron chi connectivity index (χ3n) is 4.13. The van der Waals surface area contributed by atoms with Crippen molar-refractivity contribution in [1.82, 2.24) is 9.97 Å². The average molecular weight is 497 g/mol. The van der Waals surface area contributed by atoms with Gasteiger partial charge in [-0.15, -0.1) is 13.2 Å².